The van der Waals surface area contributed by atoms with Crippen LogP contribution in [0.15, 0.2) is 58.6 Å². The van der Waals surface area contributed by atoms with E-state index in [1.54, 1.807) is 0 Å². The van der Waals surface area contributed by atoms with E-state index in [4.69, 9.17) is 0 Å². The quantitative estimate of drug-likeness (QED) is 0.684. The number of benzene rings is 2. The van der Waals surface area contributed by atoms with Crippen molar-refractivity contribution in [1.82, 2.24) is 4.90 Å². The number of carbonyl (C=O) groups excluding carboxylic acids is 1. The lowest BCUT2D eigenvalue weighted by Gasteiger charge is -2.35. The third-order valence-corrected chi connectivity index (χ3v) is 6.69. The summed E-state index contributed by atoms with van der Waals surface area (Å²) in [6.07, 6.45) is 7.45. The van der Waals surface area contributed by atoms with Gasteiger partial charge in [0, 0.05) is 23.9 Å². The summed E-state index contributed by atoms with van der Waals surface area (Å²) >= 11 is 0. The zero-order valence-corrected chi connectivity index (χ0v) is 17.3. The fourth-order valence-corrected chi connectivity index (χ4v) is 5.01. The summed E-state index contributed by atoms with van der Waals surface area (Å²) in [7, 11) is 0. The van der Waals surface area contributed by atoms with Crippen LogP contribution in [0.25, 0.3) is 11.1 Å². The van der Waals surface area contributed by atoms with Gasteiger partial charge in [-0.1, -0.05) is 30.3 Å². The van der Waals surface area contributed by atoms with E-state index < -0.39 is 0 Å². The molecule has 0 bridgehead atoms. The molecule has 1 fully saturated rings. The molecule has 0 saturated heterocycles. The van der Waals surface area contributed by atoms with Crippen LogP contribution in [-0.4, -0.2) is 35.7 Å². The molecule has 1 heterocycles. The smallest absolute Gasteiger partial charge is 0.254 e. The Hall–Kier alpha value is -2.68. The highest BCUT2D eigenvalue weighted by molar-refractivity contribution is 5.95. The van der Waals surface area contributed by atoms with Crippen molar-refractivity contribution >= 4 is 12.1 Å². The fraction of sp³-hybridized carbons (Fsp3) is 0.385. The van der Waals surface area contributed by atoms with E-state index in [0.29, 0.717) is 12.1 Å². The highest BCUT2D eigenvalue weighted by Crippen LogP contribution is 2.37. The van der Waals surface area contributed by atoms with E-state index in [-0.39, 0.29) is 5.91 Å². The molecule has 2 aromatic carbocycles. The van der Waals surface area contributed by atoms with Crippen molar-refractivity contribution in [3.05, 3.63) is 70.3 Å². The molecule has 3 aliphatic rings. The number of amides is 1. The number of carbonyl (C=O) groups is 1. The number of nitrogens with zero attached hydrogens (tertiary/aromatic N) is 2. The normalized spacial score (nSPS) is 20.7. The van der Waals surface area contributed by atoms with Crippen molar-refractivity contribution < 1.29 is 4.79 Å². The Labute approximate surface area is 173 Å². The summed E-state index contributed by atoms with van der Waals surface area (Å²) in [6.45, 7) is 5.17. The Morgan fingerprint density at radius 2 is 1.69 bits per heavy atom. The largest absolute Gasteiger partial charge is 0.332 e. The summed E-state index contributed by atoms with van der Waals surface area (Å²) in [4.78, 5) is 20.1. The van der Waals surface area contributed by atoms with Gasteiger partial charge in [-0.05, 0) is 91.5 Å². The minimum atomic E-state index is 0.199. The highest BCUT2D eigenvalue weighted by atomic mass is 16.2. The maximum atomic E-state index is 13.5. The summed E-state index contributed by atoms with van der Waals surface area (Å²) in [5, 5.41) is 0. The van der Waals surface area contributed by atoms with Crippen LogP contribution in [0.2, 0.25) is 0 Å². The summed E-state index contributed by atoms with van der Waals surface area (Å²) in [6, 6.07) is 15.4. The Balaban J connectivity index is 1.40. The summed E-state index contributed by atoms with van der Waals surface area (Å²) in [5.74, 6) is 0.199. The van der Waals surface area contributed by atoms with E-state index in [1.165, 1.54) is 33.4 Å². The molecule has 148 valence electrons. The maximum absolute atomic E-state index is 13.5. The van der Waals surface area contributed by atoms with Gasteiger partial charge in [0.1, 0.15) is 0 Å². The van der Waals surface area contributed by atoms with Crippen molar-refractivity contribution in [2.45, 2.75) is 58.0 Å². The first kappa shape index (κ1) is 18.4. The zero-order valence-electron chi connectivity index (χ0n) is 17.3. The van der Waals surface area contributed by atoms with E-state index in [1.807, 2.05) is 18.3 Å². The van der Waals surface area contributed by atoms with Crippen LogP contribution in [-0.2, 0) is 0 Å². The van der Waals surface area contributed by atoms with E-state index in [9.17, 15) is 4.79 Å². The molecular formula is C26H28N2O. The van der Waals surface area contributed by atoms with E-state index in [0.717, 1.165) is 44.2 Å². The SMILES string of the molecule is Cc1cccc(C)c1-c1ccc(C(=O)N(C2CC2)C2CCC3=C(C=NC3)C2)cc1. The average Bonchev–Trinajstić information content (AvgIpc) is 3.44. The van der Waals surface area contributed by atoms with Gasteiger partial charge in [-0.3, -0.25) is 9.79 Å². The molecule has 29 heavy (non-hydrogen) atoms. The number of hydrogen-bond acceptors (Lipinski definition) is 2. The molecule has 0 spiro atoms. The average molecular weight is 385 g/mol. The first-order chi connectivity index (χ1) is 14.1. The third kappa shape index (κ3) is 3.43. The first-order valence-corrected chi connectivity index (χ1v) is 10.8. The van der Waals surface area contributed by atoms with Crippen LogP contribution in [0.3, 0.4) is 0 Å². The van der Waals surface area contributed by atoms with E-state index >= 15 is 0 Å². The topological polar surface area (TPSA) is 32.7 Å². The summed E-state index contributed by atoms with van der Waals surface area (Å²) < 4.78 is 0. The van der Waals surface area contributed by atoms with Gasteiger partial charge in [0.05, 0.1) is 6.54 Å². The molecule has 1 amide bonds. The molecule has 0 radical (unpaired) electrons. The molecule has 3 nitrogen and oxygen atoms in total. The molecule has 2 aromatic rings. The molecule has 1 saturated carbocycles. The molecule has 0 aromatic heterocycles. The van der Waals surface area contributed by atoms with Gasteiger partial charge in [-0.25, -0.2) is 0 Å². The van der Waals surface area contributed by atoms with Gasteiger partial charge in [0.25, 0.3) is 5.91 Å². The van der Waals surface area contributed by atoms with Crippen LogP contribution >= 0.6 is 0 Å². The number of rotatable bonds is 4. The molecular weight excluding hydrogens is 356 g/mol. The fourth-order valence-electron chi connectivity index (χ4n) is 5.01. The lowest BCUT2D eigenvalue weighted by atomic mass is 9.88. The standard InChI is InChI=1S/C26H28N2O/c1-17-4-3-5-18(2)25(17)19-6-8-20(9-7-19)26(29)28(23-12-13-23)24-11-10-21-15-27-16-22(21)14-24/h3-9,16,23-24H,10-15H2,1-2H3. The van der Waals surface area contributed by atoms with Gasteiger partial charge < -0.3 is 4.90 Å². The Bertz CT molecular complexity index is 991. The predicted octanol–water partition coefficient (Wildman–Crippen LogP) is 5.51. The van der Waals surface area contributed by atoms with Gasteiger partial charge in [-0.2, -0.15) is 0 Å². The summed E-state index contributed by atoms with van der Waals surface area (Å²) in [5.41, 5.74) is 8.68. The van der Waals surface area contributed by atoms with Crippen molar-refractivity contribution in [1.29, 1.82) is 0 Å². The molecule has 1 atom stereocenters. The number of hydrogen-bond donors (Lipinski definition) is 0. The lowest BCUT2D eigenvalue weighted by Crippen LogP contribution is -2.43. The van der Waals surface area contributed by atoms with Crippen LogP contribution in [0.1, 0.15) is 53.6 Å². The van der Waals surface area contributed by atoms with Crippen LogP contribution in [0.5, 0.6) is 0 Å². The predicted molar refractivity (Wildman–Crippen MR) is 119 cm³/mol. The molecule has 1 unspecified atom stereocenters. The minimum Gasteiger partial charge on any atom is -0.332 e. The molecule has 0 N–H and O–H groups in total. The number of aliphatic imine (C=N–C) groups is 1. The lowest BCUT2D eigenvalue weighted by molar-refractivity contribution is 0.0645. The van der Waals surface area contributed by atoms with Crippen LogP contribution in [0, 0.1) is 13.8 Å². The van der Waals surface area contributed by atoms with Gasteiger partial charge in [-0.15, -0.1) is 0 Å². The first-order valence-electron chi connectivity index (χ1n) is 10.8. The van der Waals surface area contributed by atoms with Crippen molar-refractivity contribution in [2.75, 3.05) is 6.54 Å². The van der Waals surface area contributed by atoms with Gasteiger partial charge in [0.15, 0.2) is 0 Å². The highest BCUT2D eigenvalue weighted by Gasteiger charge is 2.39. The molecule has 3 heteroatoms. The van der Waals surface area contributed by atoms with Gasteiger partial charge >= 0.3 is 0 Å². The van der Waals surface area contributed by atoms with E-state index in [2.05, 4.69) is 54.1 Å². The molecule has 2 aliphatic carbocycles. The molecule has 1 aliphatic heterocycles. The maximum Gasteiger partial charge on any atom is 0.254 e. The minimum absolute atomic E-state index is 0.199. The van der Waals surface area contributed by atoms with Crippen molar-refractivity contribution in [3.63, 3.8) is 0 Å². The Morgan fingerprint density at radius 1 is 0.966 bits per heavy atom. The Kier molecular flexibility index (Phi) is 4.61. The third-order valence-electron chi connectivity index (χ3n) is 6.69. The second kappa shape index (κ2) is 7.29. The van der Waals surface area contributed by atoms with Crippen LogP contribution < -0.4 is 0 Å². The van der Waals surface area contributed by atoms with Crippen molar-refractivity contribution in [3.8, 4) is 11.1 Å². The van der Waals surface area contributed by atoms with Crippen LogP contribution in [0.4, 0.5) is 0 Å². The molecule has 5 rings (SSSR count). The van der Waals surface area contributed by atoms with Crippen molar-refractivity contribution in [2.24, 2.45) is 4.99 Å². The second-order valence-electron chi connectivity index (χ2n) is 8.78. The second-order valence-corrected chi connectivity index (χ2v) is 8.78. The zero-order chi connectivity index (χ0) is 20.0. The van der Waals surface area contributed by atoms with Gasteiger partial charge in [0.2, 0.25) is 0 Å². The Morgan fingerprint density at radius 3 is 2.38 bits per heavy atom. The number of aryl methyl sites for hydroxylation is 2. The monoisotopic (exact) mass is 384 g/mol.